The van der Waals surface area contributed by atoms with E-state index in [1.807, 2.05) is 34.1 Å². The molecule has 0 radical (unpaired) electrons. The molecule has 0 atom stereocenters. The molecule has 41 heavy (non-hydrogen) atoms. The minimum atomic E-state index is -2.88. The van der Waals surface area contributed by atoms with Crippen LogP contribution in [-0.4, -0.2) is 47.5 Å². The van der Waals surface area contributed by atoms with Gasteiger partial charge in [-0.05, 0) is 67.9 Å². The summed E-state index contributed by atoms with van der Waals surface area (Å²) in [6.45, 7) is 3.23. The zero-order valence-electron chi connectivity index (χ0n) is 22.4. The summed E-state index contributed by atoms with van der Waals surface area (Å²) in [7, 11) is 0. The molecule has 2 fully saturated rings. The van der Waals surface area contributed by atoms with Crippen LogP contribution in [0.4, 0.5) is 24.7 Å². The number of halogens is 4. The van der Waals surface area contributed by atoms with Crippen molar-refractivity contribution in [3.8, 4) is 0 Å². The Kier molecular flexibility index (Phi) is 7.13. The summed E-state index contributed by atoms with van der Waals surface area (Å²) in [5.74, 6) is -0.00163. The van der Waals surface area contributed by atoms with Crippen molar-refractivity contribution in [2.75, 3.05) is 29.4 Å². The molecule has 7 nitrogen and oxygen atoms in total. The van der Waals surface area contributed by atoms with Crippen LogP contribution in [0.5, 0.6) is 0 Å². The molecule has 1 aromatic carbocycles. The molecule has 4 heterocycles. The molecule has 3 aromatic rings. The molecule has 1 saturated heterocycles. The topological polar surface area (TPSA) is 78.4 Å². The van der Waals surface area contributed by atoms with Gasteiger partial charge in [-0.15, -0.1) is 0 Å². The fourth-order valence-electron chi connectivity index (χ4n) is 6.36. The van der Waals surface area contributed by atoms with Crippen LogP contribution in [0, 0.1) is 18.7 Å². The van der Waals surface area contributed by atoms with E-state index in [1.54, 1.807) is 13.0 Å². The zero-order chi connectivity index (χ0) is 28.9. The maximum atomic E-state index is 13.9. The highest BCUT2D eigenvalue weighted by molar-refractivity contribution is 6.30. The van der Waals surface area contributed by atoms with Gasteiger partial charge in [0.2, 0.25) is 5.91 Å². The zero-order valence-corrected chi connectivity index (χ0v) is 23.2. The summed E-state index contributed by atoms with van der Waals surface area (Å²) >= 11 is 5.90. The van der Waals surface area contributed by atoms with Gasteiger partial charge in [0.25, 0.3) is 12.3 Å². The first kappa shape index (κ1) is 27.5. The average molecular weight is 584 g/mol. The fourth-order valence-corrected chi connectivity index (χ4v) is 6.52. The smallest absolute Gasteiger partial charge is 0.281 e. The number of aryl methyl sites for hydroxylation is 1. The van der Waals surface area contributed by atoms with Gasteiger partial charge in [0.1, 0.15) is 22.7 Å². The van der Waals surface area contributed by atoms with Crippen LogP contribution in [0.15, 0.2) is 48.8 Å². The maximum absolute atomic E-state index is 13.9. The molecule has 1 spiro atoms. The summed E-state index contributed by atoms with van der Waals surface area (Å²) in [6, 6.07) is 10.6. The van der Waals surface area contributed by atoms with Gasteiger partial charge in [0, 0.05) is 37.6 Å². The number of aromatic nitrogens is 2. The lowest BCUT2D eigenvalue weighted by Gasteiger charge is -2.47. The minimum absolute atomic E-state index is 0.0668. The molecule has 1 aliphatic carbocycles. The van der Waals surface area contributed by atoms with Crippen molar-refractivity contribution in [3.05, 3.63) is 82.0 Å². The SMILES string of the molecule is Cc1cc(N2CC3(C2)C(=O)N(CC2CCC(NC(=O)c4cc(Cl)cnc4C(F)F)CC2)c2ccccc23)ncc1F. The van der Waals surface area contributed by atoms with Gasteiger partial charge in [-0.3, -0.25) is 14.6 Å². The van der Waals surface area contributed by atoms with Crippen LogP contribution in [0.2, 0.25) is 5.02 Å². The first-order chi connectivity index (χ1) is 19.7. The number of anilines is 2. The van der Waals surface area contributed by atoms with Crippen molar-refractivity contribution < 1.29 is 22.8 Å². The van der Waals surface area contributed by atoms with E-state index in [-0.39, 0.29) is 34.3 Å². The lowest BCUT2D eigenvalue weighted by Crippen LogP contribution is -2.64. The number of carbonyl (C=O) groups excluding carboxylic acids is 2. The van der Waals surface area contributed by atoms with E-state index in [2.05, 4.69) is 15.3 Å². The van der Waals surface area contributed by atoms with Gasteiger partial charge in [0.15, 0.2) is 0 Å². The first-order valence-corrected chi connectivity index (χ1v) is 14.1. The Bertz CT molecular complexity index is 1510. The second-order valence-corrected chi connectivity index (χ2v) is 11.7. The summed E-state index contributed by atoms with van der Waals surface area (Å²) in [6.07, 6.45) is 2.35. The number of nitrogens with zero attached hydrogens (tertiary/aromatic N) is 4. The molecule has 1 N–H and O–H groups in total. The molecule has 3 aliphatic rings. The van der Waals surface area contributed by atoms with Crippen molar-refractivity contribution >= 4 is 34.9 Å². The molecule has 0 unspecified atom stereocenters. The van der Waals surface area contributed by atoms with Gasteiger partial charge < -0.3 is 15.1 Å². The van der Waals surface area contributed by atoms with Crippen molar-refractivity contribution in [2.24, 2.45) is 5.92 Å². The second kappa shape index (κ2) is 10.6. The summed E-state index contributed by atoms with van der Waals surface area (Å²) in [5.41, 5.74) is 0.996. The van der Waals surface area contributed by atoms with Gasteiger partial charge in [0.05, 0.1) is 16.8 Å². The van der Waals surface area contributed by atoms with E-state index in [1.165, 1.54) is 12.3 Å². The lowest BCUT2D eigenvalue weighted by atomic mass is 9.74. The number of hydrogen-bond acceptors (Lipinski definition) is 5. The third-order valence-electron chi connectivity index (χ3n) is 8.60. The Balaban J connectivity index is 1.10. The van der Waals surface area contributed by atoms with E-state index < -0.39 is 23.4 Å². The van der Waals surface area contributed by atoms with E-state index in [0.29, 0.717) is 43.9 Å². The van der Waals surface area contributed by atoms with Gasteiger partial charge in [-0.1, -0.05) is 29.8 Å². The number of rotatable bonds is 6. The standard InChI is InChI=1S/C30H29ClF3N5O2/c1-17-10-25(35-13-23(17)32)38-15-30(16-38)22-4-2-3-5-24(22)39(29(30)41)14-18-6-8-20(9-7-18)37-28(40)21-11-19(31)12-36-26(21)27(33)34/h2-5,10-13,18,20,27H,6-9,14-16H2,1H3,(H,37,40). The summed E-state index contributed by atoms with van der Waals surface area (Å²) < 4.78 is 40.5. The molecule has 11 heteroatoms. The van der Waals surface area contributed by atoms with E-state index in [0.717, 1.165) is 30.3 Å². The normalized spacial score (nSPS) is 21.3. The largest absolute Gasteiger partial charge is 0.354 e. The minimum Gasteiger partial charge on any atom is -0.354 e. The van der Waals surface area contributed by atoms with Crippen LogP contribution in [0.3, 0.4) is 0 Å². The monoisotopic (exact) mass is 583 g/mol. The Morgan fingerprint density at radius 2 is 1.85 bits per heavy atom. The fraction of sp³-hybridized carbons (Fsp3) is 0.400. The Hall–Kier alpha value is -3.66. The molecule has 214 valence electrons. The van der Waals surface area contributed by atoms with Gasteiger partial charge in [-0.25, -0.2) is 18.2 Å². The number of alkyl halides is 2. The van der Waals surface area contributed by atoms with Crippen LogP contribution in [-0.2, 0) is 10.2 Å². The number of fused-ring (bicyclic) bond motifs is 2. The summed E-state index contributed by atoms with van der Waals surface area (Å²) in [4.78, 5) is 38.4. The molecule has 2 amide bonds. The van der Waals surface area contributed by atoms with E-state index in [4.69, 9.17) is 11.6 Å². The highest BCUT2D eigenvalue weighted by Crippen LogP contribution is 2.49. The average Bonchev–Trinajstić information content (AvgIpc) is 3.18. The number of pyridine rings is 2. The predicted molar refractivity (Wildman–Crippen MR) is 149 cm³/mol. The van der Waals surface area contributed by atoms with Crippen LogP contribution in [0.25, 0.3) is 0 Å². The number of hydrogen-bond donors (Lipinski definition) is 1. The lowest BCUT2D eigenvalue weighted by molar-refractivity contribution is -0.124. The van der Waals surface area contributed by atoms with E-state index in [9.17, 15) is 22.8 Å². The quantitative estimate of drug-likeness (QED) is 0.408. The Morgan fingerprint density at radius 1 is 1.12 bits per heavy atom. The van der Waals surface area contributed by atoms with Crippen LogP contribution >= 0.6 is 11.6 Å². The summed E-state index contributed by atoms with van der Waals surface area (Å²) in [5, 5.41) is 2.99. The molecular formula is C30H29ClF3N5O2. The van der Waals surface area contributed by atoms with Gasteiger partial charge >= 0.3 is 0 Å². The van der Waals surface area contributed by atoms with Crippen LogP contribution < -0.4 is 15.1 Å². The first-order valence-electron chi connectivity index (χ1n) is 13.7. The highest BCUT2D eigenvalue weighted by Gasteiger charge is 2.58. The van der Waals surface area contributed by atoms with Gasteiger partial charge in [-0.2, -0.15) is 0 Å². The second-order valence-electron chi connectivity index (χ2n) is 11.2. The third-order valence-corrected chi connectivity index (χ3v) is 8.81. The maximum Gasteiger partial charge on any atom is 0.281 e. The molecular weight excluding hydrogens is 555 g/mol. The van der Waals surface area contributed by atoms with Crippen molar-refractivity contribution in [1.82, 2.24) is 15.3 Å². The number of benzene rings is 1. The van der Waals surface area contributed by atoms with Crippen LogP contribution in [0.1, 0.15) is 59.3 Å². The molecule has 6 rings (SSSR count). The Labute approximate surface area is 240 Å². The highest BCUT2D eigenvalue weighted by atomic mass is 35.5. The van der Waals surface area contributed by atoms with Crippen molar-refractivity contribution in [2.45, 2.75) is 50.5 Å². The molecule has 2 aliphatic heterocycles. The molecule has 0 bridgehead atoms. The number of amides is 2. The number of nitrogens with one attached hydrogen (secondary N) is 1. The number of carbonyl (C=O) groups is 2. The van der Waals surface area contributed by atoms with Crippen molar-refractivity contribution in [1.29, 1.82) is 0 Å². The predicted octanol–water partition coefficient (Wildman–Crippen LogP) is 5.61. The van der Waals surface area contributed by atoms with E-state index >= 15 is 0 Å². The Morgan fingerprint density at radius 3 is 2.56 bits per heavy atom. The molecule has 2 aromatic heterocycles. The van der Waals surface area contributed by atoms with Crippen molar-refractivity contribution in [3.63, 3.8) is 0 Å². The molecule has 1 saturated carbocycles. The number of para-hydroxylation sites is 1. The third kappa shape index (κ3) is 4.92.